The average Bonchev–Trinajstić information content (AvgIpc) is 3.18. The molecule has 0 atom stereocenters. The highest BCUT2D eigenvalue weighted by molar-refractivity contribution is 9.10. The Hall–Kier alpha value is -0.410. The summed E-state index contributed by atoms with van der Waals surface area (Å²) < 4.78 is 14.1. The van der Waals surface area contributed by atoms with Crippen LogP contribution in [-0.2, 0) is 6.42 Å². The Kier molecular flexibility index (Phi) is 2.99. The molecular formula is C14H17BrFN. The van der Waals surface area contributed by atoms with Crippen LogP contribution in [0, 0.1) is 11.2 Å². The normalized spacial score (nSPS) is 21.5. The first-order chi connectivity index (χ1) is 8.19. The van der Waals surface area contributed by atoms with Crippen molar-refractivity contribution in [3.8, 4) is 0 Å². The largest absolute Gasteiger partial charge is 0.313 e. The first-order valence-corrected chi connectivity index (χ1v) is 7.14. The lowest BCUT2D eigenvalue weighted by Gasteiger charge is -2.17. The third-order valence-electron chi connectivity index (χ3n) is 3.90. The maximum Gasteiger partial charge on any atom is 0.137 e. The summed E-state index contributed by atoms with van der Waals surface area (Å²) in [6.45, 7) is 1.10. The lowest BCUT2D eigenvalue weighted by molar-refractivity contribution is 0.451. The minimum Gasteiger partial charge on any atom is -0.313 e. The van der Waals surface area contributed by atoms with E-state index in [1.54, 1.807) is 6.07 Å². The Morgan fingerprint density at radius 1 is 1.35 bits per heavy atom. The summed E-state index contributed by atoms with van der Waals surface area (Å²) >= 11 is 3.36. The molecule has 3 rings (SSSR count). The van der Waals surface area contributed by atoms with Crippen molar-refractivity contribution in [2.45, 2.75) is 38.1 Å². The van der Waals surface area contributed by atoms with Crippen molar-refractivity contribution in [1.82, 2.24) is 5.32 Å². The molecule has 0 aromatic heterocycles. The molecule has 1 nitrogen and oxygen atoms in total. The van der Waals surface area contributed by atoms with Crippen molar-refractivity contribution >= 4 is 15.9 Å². The van der Waals surface area contributed by atoms with Gasteiger partial charge in [-0.3, -0.25) is 0 Å². The summed E-state index contributed by atoms with van der Waals surface area (Å²) in [5.41, 5.74) is 1.51. The van der Waals surface area contributed by atoms with Crippen LogP contribution in [-0.4, -0.2) is 12.6 Å². The van der Waals surface area contributed by atoms with Crippen LogP contribution >= 0.6 is 15.9 Å². The number of hydrogen-bond acceptors (Lipinski definition) is 1. The fourth-order valence-corrected chi connectivity index (χ4v) is 2.73. The van der Waals surface area contributed by atoms with Crippen molar-refractivity contribution in [2.24, 2.45) is 5.41 Å². The summed E-state index contributed by atoms with van der Waals surface area (Å²) in [5.74, 6) is -0.145. The van der Waals surface area contributed by atoms with Crippen LogP contribution < -0.4 is 5.32 Å². The molecule has 2 fully saturated rings. The molecule has 0 unspecified atom stereocenters. The highest BCUT2D eigenvalue weighted by Crippen LogP contribution is 2.49. The molecule has 3 heteroatoms. The van der Waals surface area contributed by atoms with E-state index in [4.69, 9.17) is 0 Å². The first kappa shape index (κ1) is 11.7. The lowest BCUT2D eigenvalue weighted by Crippen LogP contribution is -2.27. The summed E-state index contributed by atoms with van der Waals surface area (Å²) in [6, 6.07) is 6.11. The molecule has 0 aliphatic heterocycles. The number of rotatable bonds is 5. The average molecular weight is 298 g/mol. The fraction of sp³-hybridized carbons (Fsp3) is 0.571. The van der Waals surface area contributed by atoms with Crippen LogP contribution in [0.3, 0.4) is 0 Å². The van der Waals surface area contributed by atoms with Gasteiger partial charge in [0.05, 0.1) is 4.47 Å². The molecule has 0 spiro atoms. The lowest BCUT2D eigenvalue weighted by atomic mass is 9.96. The molecule has 0 saturated heterocycles. The Morgan fingerprint density at radius 3 is 2.76 bits per heavy atom. The van der Waals surface area contributed by atoms with Gasteiger partial charge in [-0.1, -0.05) is 12.1 Å². The quantitative estimate of drug-likeness (QED) is 0.874. The van der Waals surface area contributed by atoms with Crippen molar-refractivity contribution in [2.75, 3.05) is 6.54 Å². The zero-order chi connectivity index (χ0) is 11.9. The zero-order valence-corrected chi connectivity index (χ0v) is 11.4. The summed E-state index contributed by atoms with van der Waals surface area (Å²) in [7, 11) is 0. The minimum absolute atomic E-state index is 0.145. The molecule has 92 valence electrons. The van der Waals surface area contributed by atoms with Crippen LogP contribution in [0.15, 0.2) is 22.7 Å². The maximum atomic E-state index is 13.4. The van der Waals surface area contributed by atoms with Gasteiger partial charge in [-0.2, -0.15) is 0 Å². The van der Waals surface area contributed by atoms with Gasteiger partial charge in [0.2, 0.25) is 0 Å². The summed E-state index contributed by atoms with van der Waals surface area (Å²) in [6.07, 6.45) is 6.20. The SMILES string of the molecule is Fc1cccc(CC2(CNC3CC3)CC2)c1Br. The van der Waals surface area contributed by atoms with E-state index < -0.39 is 0 Å². The van der Waals surface area contributed by atoms with Crippen molar-refractivity contribution in [3.05, 3.63) is 34.1 Å². The van der Waals surface area contributed by atoms with Crippen LogP contribution in [0.1, 0.15) is 31.2 Å². The molecule has 2 aliphatic rings. The van der Waals surface area contributed by atoms with Gasteiger partial charge < -0.3 is 5.32 Å². The van der Waals surface area contributed by atoms with Gasteiger partial charge in [-0.15, -0.1) is 0 Å². The smallest absolute Gasteiger partial charge is 0.137 e. The topological polar surface area (TPSA) is 12.0 Å². The van der Waals surface area contributed by atoms with E-state index in [2.05, 4.69) is 21.2 Å². The Balaban J connectivity index is 1.66. The monoisotopic (exact) mass is 297 g/mol. The highest BCUT2D eigenvalue weighted by atomic mass is 79.9. The van der Waals surface area contributed by atoms with Gasteiger partial charge in [0.25, 0.3) is 0 Å². The highest BCUT2D eigenvalue weighted by Gasteiger charge is 2.43. The van der Waals surface area contributed by atoms with E-state index in [9.17, 15) is 4.39 Å². The third kappa shape index (κ3) is 2.71. The molecule has 0 heterocycles. The summed E-state index contributed by atoms with van der Waals surface area (Å²) in [5, 5.41) is 3.60. The van der Waals surface area contributed by atoms with Gasteiger partial charge in [-0.05, 0) is 65.1 Å². The van der Waals surface area contributed by atoms with Crippen LogP contribution in [0.5, 0.6) is 0 Å². The second-order valence-electron chi connectivity index (χ2n) is 5.54. The Labute approximate surface area is 110 Å². The molecule has 17 heavy (non-hydrogen) atoms. The van der Waals surface area contributed by atoms with Crippen LogP contribution in [0.25, 0.3) is 0 Å². The van der Waals surface area contributed by atoms with Gasteiger partial charge >= 0.3 is 0 Å². The van der Waals surface area contributed by atoms with E-state index in [0.717, 1.165) is 24.6 Å². The Morgan fingerprint density at radius 2 is 2.12 bits per heavy atom. The van der Waals surface area contributed by atoms with E-state index in [1.807, 2.05) is 6.07 Å². The number of benzene rings is 1. The third-order valence-corrected chi connectivity index (χ3v) is 4.79. The number of hydrogen-bond donors (Lipinski definition) is 1. The second-order valence-corrected chi connectivity index (χ2v) is 6.34. The predicted octanol–water partition coefficient (Wildman–Crippen LogP) is 3.66. The molecule has 0 amide bonds. The van der Waals surface area contributed by atoms with Crippen LogP contribution in [0.4, 0.5) is 4.39 Å². The van der Waals surface area contributed by atoms with Gasteiger partial charge in [0, 0.05) is 12.6 Å². The van der Waals surface area contributed by atoms with E-state index in [1.165, 1.54) is 31.7 Å². The number of halogens is 2. The van der Waals surface area contributed by atoms with E-state index >= 15 is 0 Å². The van der Waals surface area contributed by atoms with Crippen LogP contribution in [0.2, 0.25) is 0 Å². The predicted molar refractivity (Wildman–Crippen MR) is 70.5 cm³/mol. The minimum atomic E-state index is -0.145. The molecular weight excluding hydrogens is 281 g/mol. The molecule has 2 saturated carbocycles. The zero-order valence-electron chi connectivity index (χ0n) is 9.81. The molecule has 1 aromatic carbocycles. The van der Waals surface area contributed by atoms with Gasteiger partial charge in [0.15, 0.2) is 0 Å². The second kappa shape index (κ2) is 4.36. The maximum absolute atomic E-state index is 13.4. The van der Waals surface area contributed by atoms with E-state index in [0.29, 0.717) is 9.89 Å². The van der Waals surface area contributed by atoms with Crippen molar-refractivity contribution in [1.29, 1.82) is 0 Å². The molecule has 1 aromatic rings. The summed E-state index contributed by atoms with van der Waals surface area (Å²) in [4.78, 5) is 0. The van der Waals surface area contributed by atoms with Crippen molar-refractivity contribution in [3.63, 3.8) is 0 Å². The number of nitrogens with one attached hydrogen (secondary N) is 1. The first-order valence-electron chi connectivity index (χ1n) is 6.35. The van der Waals surface area contributed by atoms with Crippen molar-refractivity contribution < 1.29 is 4.39 Å². The fourth-order valence-electron chi connectivity index (χ4n) is 2.33. The van der Waals surface area contributed by atoms with Gasteiger partial charge in [-0.25, -0.2) is 4.39 Å². The standard InChI is InChI=1S/C14H17BrFN/c15-13-10(2-1-3-12(13)16)8-14(6-7-14)9-17-11-4-5-11/h1-3,11,17H,4-9H2. The molecule has 0 radical (unpaired) electrons. The van der Waals surface area contributed by atoms with E-state index in [-0.39, 0.29) is 5.82 Å². The molecule has 1 N–H and O–H groups in total. The Bertz CT molecular complexity index is 424. The molecule has 0 bridgehead atoms. The van der Waals surface area contributed by atoms with Gasteiger partial charge in [0.1, 0.15) is 5.82 Å². The molecule has 2 aliphatic carbocycles.